The molecule has 0 amide bonds. The van der Waals surface area contributed by atoms with Crippen molar-refractivity contribution in [2.24, 2.45) is 0 Å². The summed E-state index contributed by atoms with van der Waals surface area (Å²) < 4.78 is 9.77. The van der Waals surface area contributed by atoms with E-state index in [1.54, 1.807) is 0 Å². The number of nitrogens with zero attached hydrogens (tertiary/aromatic N) is 4. The van der Waals surface area contributed by atoms with Gasteiger partial charge in [0.1, 0.15) is 6.17 Å². The SMILES string of the molecule is CCCCOCCCNCCC(n1ccnc1)n1ccnc1. The van der Waals surface area contributed by atoms with Gasteiger partial charge in [-0.2, -0.15) is 0 Å². The van der Waals surface area contributed by atoms with Crippen LogP contribution >= 0.6 is 0 Å². The van der Waals surface area contributed by atoms with Gasteiger partial charge in [-0.3, -0.25) is 0 Å². The summed E-state index contributed by atoms with van der Waals surface area (Å²) in [4.78, 5) is 8.28. The topological polar surface area (TPSA) is 56.9 Å². The largest absolute Gasteiger partial charge is 0.381 e. The molecule has 0 atom stereocenters. The van der Waals surface area contributed by atoms with Gasteiger partial charge in [-0.1, -0.05) is 13.3 Å². The molecule has 0 spiro atoms. The summed E-state index contributed by atoms with van der Waals surface area (Å²) >= 11 is 0. The third-order valence-corrected chi connectivity index (χ3v) is 3.60. The quantitative estimate of drug-likeness (QED) is 0.611. The van der Waals surface area contributed by atoms with E-state index in [4.69, 9.17) is 4.74 Å². The van der Waals surface area contributed by atoms with Crippen LogP contribution in [0.25, 0.3) is 0 Å². The van der Waals surface area contributed by atoms with Gasteiger partial charge < -0.3 is 19.2 Å². The van der Waals surface area contributed by atoms with Crippen molar-refractivity contribution >= 4 is 0 Å². The number of aromatic nitrogens is 4. The van der Waals surface area contributed by atoms with Gasteiger partial charge in [0.2, 0.25) is 0 Å². The van der Waals surface area contributed by atoms with Crippen LogP contribution < -0.4 is 5.32 Å². The Labute approximate surface area is 132 Å². The molecule has 1 N–H and O–H groups in total. The van der Waals surface area contributed by atoms with Gasteiger partial charge in [0.25, 0.3) is 0 Å². The van der Waals surface area contributed by atoms with Crippen LogP contribution in [0.1, 0.15) is 38.8 Å². The van der Waals surface area contributed by atoms with Gasteiger partial charge in [0.15, 0.2) is 0 Å². The van der Waals surface area contributed by atoms with Crippen LogP contribution in [-0.4, -0.2) is 45.4 Å². The molecule has 0 saturated carbocycles. The molecule has 0 radical (unpaired) electrons. The molecule has 2 aromatic heterocycles. The molecule has 0 saturated heterocycles. The van der Waals surface area contributed by atoms with Crippen LogP contribution in [0.15, 0.2) is 37.4 Å². The fourth-order valence-electron chi connectivity index (χ4n) is 2.35. The van der Waals surface area contributed by atoms with Crippen LogP contribution in [0, 0.1) is 0 Å². The Morgan fingerprint density at radius 1 is 1.00 bits per heavy atom. The van der Waals surface area contributed by atoms with Crippen LogP contribution in [-0.2, 0) is 4.74 Å². The van der Waals surface area contributed by atoms with Crippen LogP contribution in [0.5, 0.6) is 0 Å². The van der Waals surface area contributed by atoms with Gasteiger partial charge in [-0.25, -0.2) is 9.97 Å². The van der Waals surface area contributed by atoms with Gasteiger partial charge in [-0.15, -0.1) is 0 Å². The number of nitrogens with one attached hydrogen (secondary N) is 1. The van der Waals surface area contributed by atoms with E-state index >= 15 is 0 Å². The first-order valence-electron chi connectivity index (χ1n) is 8.15. The molecule has 0 fully saturated rings. The van der Waals surface area contributed by atoms with E-state index in [1.807, 2.05) is 37.4 Å². The normalized spacial score (nSPS) is 11.4. The first-order valence-corrected chi connectivity index (χ1v) is 8.15. The Hall–Kier alpha value is -1.66. The van der Waals surface area contributed by atoms with Gasteiger partial charge >= 0.3 is 0 Å². The molecule has 22 heavy (non-hydrogen) atoms. The summed E-state index contributed by atoms with van der Waals surface area (Å²) in [5, 5.41) is 3.48. The molecule has 6 nitrogen and oxygen atoms in total. The second-order valence-corrected chi connectivity index (χ2v) is 5.36. The lowest BCUT2D eigenvalue weighted by Crippen LogP contribution is -2.24. The predicted molar refractivity (Wildman–Crippen MR) is 86.7 cm³/mol. The smallest absolute Gasteiger partial charge is 0.113 e. The number of rotatable bonds is 12. The van der Waals surface area contributed by atoms with Crippen LogP contribution in [0.4, 0.5) is 0 Å². The summed E-state index contributed by atoms with van der Waals surface area (Å²) in [5.41, 5.74) is 0. The van der Waals surface area contributed by atoms with Gasteiger partial charge in [0, 0.05) is 38.0 Å². The second-order valence-electron chi connectivity index (χ2n) is 5.36. The minimum atomic E-state index is 0.221. The minimum Gasteiger partial charge on any atom is -0.381 e. The highest BCUT2D eigenvalue weighted by Crippen LogP contribution is 2.13. The molecule has 6 heteroatoms. The molecule has 0 unspecified atom stereocenters. The third kappa shape index (κ3) is 5.61. The van der Waals surface area contributed by atoms with Crippen molar-refractivity contribution in [2.75, 3.05) is 26.3 Å². The summed E-state index contributed by atoms with van der Waals surface area (Å²) in [7, 11) is 0. The number of unbranched alkanes of at least 4 members (excludes halogenated alkanes) is 1. The number of hydrogen-bond donors (Lipinski definition) is 1. The molecule has 0 bridgehead atoms. The number of ether oxygens (including phenoxy) is 1. The summed E-state index contributed by atoms with van der Waals surface area (Å²) in [6, 6.07) is 0. The zero-order valence-corrected chi connectivity index (χ0v) is 13.4. The average molecular weight is 305 g/mol. The maximum absolute atomic E-state index is 5.55. The first kappa shape index (κ1) is 16.7. The fraction of sp³-hybridized carbons (Fsp3) is 0.625. The Balaban J connectivity index is 1.63. The predicted octanol–water partition coefficient (Wildman–Crippen LogP) is 2.31. The fourth-order valence-corrected chi connectivity index (χ4v) is 2.35. The van der Waals surface area contributed by atoms with Crippen molar-refractivity contribution in [3.8, 4) is 0 Å². The van der Waals surface area contributed by atoms with E-state index in [1.165, 1.54) is 6.42 Å². The number of imidazole rings is 2. The molecule has 2 aromatic rings. The Kier molecular flexibility index (Phi) is 7.69. The molecule has 2 heterocycles. The maximum atomic E-state index is 5.55. The van der Waals surface area contributed by atoms with E-state index in [-0.39, 0.29) is 6.17 Å². The highest BCUT2D eigenvalue weighted by Gasteiger charge is 2.11. The van der Waals surface area contributed by atoms with Crippen molar-refractivity contribution in [3.63, 3.8) is 0 Å². The highest BCUT2D eigenvalue weighted by molar-refractivity contribution is 4.86. The lowest BCUT2D eigenvalue weighted by molar-refractivity contribution is 0.128. The first-order chi connectivity index (χ1) is 10.9. The summed E-state index contributed by atoms with van der Waals surface area (Å²) in [6.07, 6.45) is 15.9. The molecule has 2 rings (SSSR count). The Bertz CT molecular complexity index is 434. The summed E-state index contributed by atoms with van der Waals surface area (Å²) in [6.45, 7) is 5.86. The van der Waals surface area contributed by atoms with Crippen molar-refractivity contribution in [2.45, 2.75) is 38.8 Å². The zero-order valence-electron chi connectivity index (χ0n) is 13.4. The minimum absolute atomic E-state index is 0.221. The zero-order chi connectivity index (χ0) is 15.5. The molecule has 0 aliphatic rings. The van der Waals surface area contributed by atoms with Crippen LogP contribution in [0.2, 0.25) is 0 Å². The standard InChI is InChI=1S/C16H27N5O/c1-2-3-12-22-13-4-6-17-7-5-16(20-10-8-18-14-20)21-11-9-19-15-21/h8-11,14-17H,2-7,12-13H2,1H3. The molecule has 0 aliphatic heterocycles. The van der Waals surface area contributed by atoms with Gasteiger partial charge in [0.05, 0.1) is 12.7 Å². The highest BCUT2D eigenvalue weighted by atomic mass is 16.5. The van der Waals surface area contributed by atoms with Crippen molar-refractivity contribution in [3.05, 3.63) is 37.4 Å². The Morgan fingerprint density at radius 3 is 2.27 bits per heavy atom. The van der Waals surface area contributed by atoms with Gasteiger partial charge in [-0.05, 0) is 32.4 Å². The van der Waals surface area contributed by atoms with Crippen molar-refractivity contribution in [1.29, 1.82) is 0 Å². The molecule has 122 valence electrons. The maximum Gasteiger partial charge on any atom is 0.113 e. The van der Waals surface area contributed by atoms with Crippen molar-refractivity contribution < 1.29 is 4.74 Å². The lowest BCUT2D eigenvalue weighted by atomic mass is 10.3. The third-order valence-electron chi connectivity index (χ3n) is 3.60. The van der Waals surface area contributed by atoms with Crippen molar-refractivity contribution in [1.82, 2.24) is 24.4 Å². The van der Waals surface area contributed by atoms with E-state index in [0.717, 1.165) is 45.6 Å². The lowest BCUT2D eigenvalue weighted by Gasteiger charge is -2.20. The second kappa shape index (κ2) is 10.1. The number of hydrogen-bond acceptors (Lipinski definition) is 4. The average Bonchev–Trinajstić information content (AvgIpc) is 3.22. The van der Waals surface area contributed by atoms with E-state index in [0.29, 0.717) is 0 Å². The van der Waals surface area contributed by atoms with E-state index in [9.17, 15) is 0 Å². The van der Waals surface area contributed by atoms with Crippen LogP contribution in [0.3, 0.4) is 0 Å². The molecule has 0 aromatic carbocycles. The Morgan fingerprint density at radius 2 is 1.68 bits per heavy atom. The van der Waals surface area contributed by atoms with E-state index < -0.39 is 0 Å². The summed E-state index contributed by atoms with van der Waals surface area (Å²) in [5.74, 6) is 0. The molecule has 0 aliphatic carbocycles. The molecular formula is C16H27N5O. The monoisotopic (exact) mass is 305 g/mol. The molecular weight excluding hydrogens is 278 g/mol. The van der Waals surface area contributed by atoms with E-state index in [2.05, 4.69) is 31.3 Å².